The zero-order valence-electron chi connectivity index (χ0n) is 14.8. The van der Waals surface area contributed by atoms with Crippen molar-refractivity contribution in [2.45, 2.75) is 11.8 Å². The van der Waals surface area contributed by atoms with Crippen molar-refractivity contribution >= 4 is 37.5 Å². The van der Waals surface area contributed by atoms with Gasteiger partial charge in [-0.3, -0.25) is 0 Å². The molecule has 28 heavy (non-hydrogen) atoms. The van der Waals surface area contributed by atoms with Crippen molar-refractivity contribution in [1.29, 1.82) is 5.26 Å². The van der Waals surface area contributed by atoms with Crippen molar-refractivity contribution < 1.29 is 12.8 Å². The molecule has 4 rings (SSSR count). The van der Waals surface area contributed by atoms with Gasteiger partial charge >= 0.3 is 0 Å². The fourth-order valence-electron chi connectivity index (χ4n) is 2.67. The van der Waals surface area contributed by atoms with E-state index < -0.39 is 9.84 Å². The number of aryl methyl sites for hydroxylation is 1. The van der Waals surface area contributed by atoms with Crippen molar-refractivity contribution in [3.63, 3.8) is 0 Å². The molecular formula is C21H14N2O3S2. The molecule has 2 aromatic heterocycles. The molecule has 0 aliphatic rings. The minimum Gasteiger partial charge on any atom is -0.454 e. The summed E-state index contributed by atoms with van der Waals surface area (Å²) < 4.78 is 32.2. The molecule has 5 nitrogen and oxygen atoms in total. The molecule has 0 N–H and O–H groups in total. The molecule has 4 aromatic rings. The number of benzene rings is 2. The van der Waals surface area contributed by atoms with E-state index in [2.05, 4.69) is 4.98 Å². The molecule has 0 spiro atoms. The zero-order chi connectivity index (χ0) is 19.7. The number of hydrogen-bond donors (Lipinski definition) is 0. The number of para-hydroxylation sites is 1. The number of allylic oxidation sites excluding steroid dienone is 1. The monoisotopic (exact) mass is 406 g/mol. The third-order valence-corrected chi connectivity index (χ3v) is 6.87. The van der Waals surface area contributed by atoms with Crippen molar-refractivity contribution in [2.75, 3.05) is 0 Å². The first-order valence-corrected chi connectivity index (χ1v) is 10.7. The number of sulfone groups is 1. The van der Waals surface area contributed by atoms with E-state index in [4.69, 9.17) is 4.42 Å². The second-order valence-electron chi connectivity index (χ2n) is 6.13. The number of hydrogen-bond acceptors (Lipinski definition) is 6. The molecule has 0 aliphatic carbocycles. The van der Waals surface area contributed by atoms with Gasteiger partial charge in [-0.2, -0.15) is 5.26 Å². The Hall–Kier alpha value is -3.21. The predicted octanol–water partition coefficient (Wildman–Crippen LogP) is 5.20. The molecule has 2 aromatic carbocycles. The standard InChI is InChI=1S/C21H14N2O3S2/c1-14-6-9-16(10-7-14)28(24,25)17(13-22)12-15-8-11-19(26-15)21-23-18-4-2-3-5-20(18)27-21/h2-12H,1H3/b17-12+. The maximum absolute atomic E-state index is 12.7. The zero-order valence-corrected chi connectivity index (χ0v) is 16.4. The molecule has 0 atom stereocenters. The Kier molecular flexibility index (Phi) is 4.59. The third kappa shape index (κ3) is 3.36. The molecule has 0 aliphatic heterocycles. The van der Waals surface area contributed by atoms with Gasteiger partial charge in [-0.15, -0.1) is 11.3 Å². The Morgan fingerprint density at radius 3 is 2.57 bits per heavy atom. The molecule has 2 heterocycles. The van der Waals surface area contributed by atoms with Crippen molar-refractivity contribution in [2.24, 2.45) is 0 Å². The van der Waals surface area contributed by atoms with Gasteiger partial charge in [-0.25, -0.2) is 13.4 Å². The second kappa shape index (κ2) is 7.08. The fourth-order valence-corrected chi connectivity index (χ4v) is 4.73. The highest BCUT2D eigenvalue weighted by Gasteiger charge is 2.21. The average molecular weight is 406 g/mol. The Morgan fingerprint density at radius 1 is 1.11 bits per heavy atom. The van der Waals surface area contributed by atoms with Crippen LogP contribution in [0.3, 0.4) is 0 Å². The summed E-state index contributed by atoms with van der Waals surface area (Å²) in [5.41, 5.74) is 1.81. The van der Waals surface area contributed by atoms with E-state index in [0.717, 1.165) is 15.8 Å². The van der Waals surface area contributed by atoms with Crippen LogP contribution in [0.5, 0.6) is 0 Å². The van der Waals surface area contributed by atoms with E-state index in [9.17, 15) is 13.7 Å². The van der Waals surface area contributed by atoms with Gasteiger partial charge in [0.05, 0.1) is 15.1 Å². The summed E-state index contributed by atoms with van der Waals surface area (Å²) >= 11 is 1.48. The fraction of sp³-hybridized carbons (Fsp3) is 0.0476. The van der Waals surface area contributed by atoms with Crippen LogP contribution in [0.15, 0.2) is 74.9 Å². The highest BCUT2D eigenvalue weighted by molar-refractivity contribution is 7.95. The summed E-state index contributed by atoms with van der Waals surface area (Å²) in [6, 6.07) is 19.2. The predicted molar refractivity (Wildman–Crippen MR) is 109 cm³/mol. The van der Waals surface area contributed by atoms with Gasteiger partial charge in [0.15, 0.2) is 15.7 Å². The first-order valence-electron chi connectivity index (χ1n) is 8.37. The van der Waals surface area contributed by atoms with E-state index in [1.807, 2.05) is 31.2 Å². The van der Waals surface area contributed by atoms with E-state index in [0.29, 0.717) is 10.8 Å². The van der Waals surface area contributed by atoms with Crippen molar-refractivity contribution in [3.8, 4) is 16.8 Å². The van der Waals surface area contributed by atoms with Gasteiger partial charge in [-0.05, 0) is 43.3 Å². The van der Waals surface area contributed by atoms with Crippen LogP contribution in [0, 0.1) is 18.3 Å². The van der Waals surface area contributed by atoms with Gasteiger partial charge in [0.1, 0.15) is 11.8 Å². The van der Waals surface area contributed by atoms with Crippen LogP contribution < -0.4 is 0 Å². The van der Waals surface area contributed by atoms with Crippen LogP contribution in [-0.4, -0.2) is 13.4 Å². The number of thiazole rings is 1. The lowest BCUT2D eigenvalue weighted by Gasteiger charge is -2.03. The summed E-state index contributed by atoms with van der Waals surface area (Å²) in [7, 11) is -3.91. The highest BCUT2D eigenvalue weighted by Crippen LogP contribution is 2.32. The minimum absolute atomic E-state index is 0.0730. The molecule has 0 saturated carbocycles. The van der Waals surface area contributed by atoms with Gasteiger partial charge in [0.2, 0.25) is 9.84 Å². The smallest absolute Gasteiger partial charge is 0.216 e. The van der Waals surface area contributed by atoms with Crippen LogP contribution >= 0.6 is 11.3 Å². The minimum atomic E-state index is -3.91. The third-order valence-electron chi connectivity index (χ3n) is 4.14. The summed E-state index contributed by atoms with van der Waals surface area (Å²) in [5, 5.41) is 10.1. The normalized spacial score (nSPS) is 12.2. The Bertz CT molecular complexity index is 1310. The molecule has 7 heteroatoms. The Morgan fingerprint density at radius 2 is 1.86 bits per heavy atom. The molecule has 0 unspecified atom stereocenters. The van der Waals surface area contributed by atoms with Gasteiger partial charge in [0, 0.05) is 6.08 Å². The van der Waals surface area contributed by atoms with E-state index in [-0.39, 0.29) is 15.6 Å². The van der Waals surface area contributed by atoms with Gasteiger partial charge in [0.25, 0.3) is 0 Å². The SMILES string of the molecule is Cc1ccc(S(=O)(=O)/C(C#N)=C/c2ccc(-c3nc4ccccc4s3)o2)cc1. The van der Waals surface area contributed by atoms with Gasteiger partial charge < -0.3 is 4.42 Å². The number of nitriles is 1. The van der Waals surface area contributed by atoms with E-state index in [1.54, 1.807) is 30.3 Å². The summed E-state index contributed by atoms with van der Waals surface area (Å²) in [4.78, 5) is 4.22. The second-order valence-corrected chi connectivity index (χ2v) is 9.07. The van der Waals surface area contributed by atoms with Crippen LogP contribution in [0.1, 0.15) is 11.3 Å². The molecule has 0 saturated heterocycles. The summed E-state index contributed by atoms with van der Waals surface area (Å²) in [6.07, 6.45) is 1.24. The molecular weight excluding hydrogens is 392 g/mol. The van der Waals surface area contributed by atoms with Crippen molar-refractivity contribution in [1.82, 2.24) is 4.98 Å². The van der Waals surface area contributed by atoms with Crippen LogP contribution in [0.25, 0.3) is 27.1 Å². The van der Waals surface area contributed by atoms with Crippen LogP contribution in [0.4, 0.5) is 0 Å². The molecule has 138 valence electrons. The lowest BCUT2D eigenvalue weighted by molar-refractivity contribution is 0.571. The van der Waals surface area contributed by atoms with Crippen LogP contribution in [-0.2, 0) is 9.84 Å². The average Bonchev–Trinajstić information content (AvgIpc) is 3.33. The van der Waals surface area contributed by atoms with Gasteiger partial charge in [-0.1, -0.05) is 29.8 Å². The lowest BCUT2D eigenvalue weighted by atomic mass is 10.2. The maximum atomic E-state index is 12.7. The molecule has 0 bridgehead atoms. The number of fused-ring (bicyclic) bond motifs is 1. The first kappa shape index (κ1) is 18.2. The topological polar surface area (TPSA) is 84.0 Å². The summed E-state index contributed by atoms with van der Waals surface area (Å²) in [5.74, 6) is 0.805. The highest BCUT2D eigenvalue weighted by atomic mass is 32.2. The van der Waals surface area contributed by atoms with E-state index in [1.165, 1.54) is 29.5 Å². The van der Waals surface area contributed by atoms with Crippen LogP contribution in [0.2, 0.25) is 0 Å². The Balaban J connectivity index is 1.70. The number of rotatable bonds is 4. The van der Waals surface area contributed by atoms with Crippen molar-refractivity contribution in [3.05, 3.63) is 76.9 Å². The number of furan rings is 1. The maximum Gasteiger partial charge on any atom is 0.216 e. The molecule has 0 amide bonds. The molecule has 0 fully saturated rings. The number of aromatic nitrogens is 1. The Labute approximate surface area is 166 Å². The van der Waals surface area contributed by atoms with E-state index >= 15 is 0 Å². The first-order chi connectivity index (χ1) is 13.5. The lowest BCUT2D eigenvalue weighted by Crippen LogP contribution is -2.03. The largest absolute Gasteiger partial charge is 0.454 e. The number of nitrogens with zero attached hydrogens (tertiary/aromatic N) is 2. The quantitative estimate of drug-likeness (QED) is 0.435. The summed E-state index contributed by atoms with van der Waals surface area (Å²) in [6.45, 7) is 1.86. The molecule has 0 radical (unpaired) electrons.